The van der Waals surface area contributed by atoms with Crippen LogP contribution in [0.15, 0.2) is 59.9 Å². The third kappa shape index (κ3) is 3.27. The average Bonchev–Trinajstić information content (AvgIpc) is 2.60. The van der Waals surface area contributed by atoms with Crippen LogP contribution in [-0.4, -0.2) is 16.7 Å². The molecule has 0 saturated carbocycles. The number of hydrogen-bond acceptors (Lipinski definition) is 4. The van der Waals surface area contributed by atoms with E-state index in [0.29, 0.717) is 29.7 Å². The van der Waals surface area contributed by atoms with Gasteiger partial charge in [-0.05, 0) is 35.7 Å². The van der Waals surface area contributed by atoms with Crippen molar-refractivity contribution in [2.45, 2.75) is 39.0 Å². The largest absolute Gasteiger partial charge is 0.508 e. The minimum Gasteiger partial charge on any atom is -0.508 e. The molecule has 2 aromatic carbocycles. The molecule has 1 atom stereocenters. The molecule has 1 heterocycles. The molecule has 4 rings (SSSR count). The van der Waals surface area contributed by atoms with E-state index in [1.807, 2.05) is 24.3 Å². The van der Waals surface area contributed by atoms with Gasteiger partial charge in [-0.1, -0.05) is 32.0 Å². The number of ether oxygens (including phenoxy) is 1. The molecule has 2 aliphatic rings. The predicted octanol–water partition coefficient (Wildman–Crippen LogP) is 4.78. The lowest BCUT2D eigenvalue weighted by Crippen LogP contribution is -2.33. The van der Waals surface area contributed by atoms with Crippen molar-refractivity contribution >= 4 is 11.6 Å². The number of hydrogen-bond donors (Lipinski definition) is 1. The molecule has 1 aliphatic carbocycles. The van der Waals surface area contributed by atoms with Gasteiger partial charge >= 0.3 is 0 Å². The molecule has 0 amide bonds. The van der Waals surface area contributed by atoms with Gasteiger partial charge in [0.2, 0.25) is 0 Å². The van der Waals surface area contributed by atoms with Crippen molar-refractivity contribution < 1.29 is 19.4 Å². The molecule has 4 heteroatoms. The minimum atomic E-state index is -0.296. The van der Waals surface area contributed by atoms with Gasteiger partial charge in [0.25, 0.3) is 0 Å². The number of Topliss-reactive ketones (excluding diaryl/α,β-unsaturated/α-hetero) is 2. The van der Waals surface area contributed by atoms with Crippen molar-refractivity contribution in [2.75, 3.05) is 0 Å². The second-order valence-electron chi connectivity index (χ2n) is 8.14. The summed E-state index contributed by atoms with van der Waals surface area (Å²) in [5, 5.41) is 9.45. The first-order valence-electron chi connectivity index (χ1n) is 9.19. The second kappa shape index (κ2) is 6.38. The Bertz CT molecular complexity index is 951. The van der Waals surface area contributed by atoms with Crippen molar-refractivity contribution in [3.8, 4) is 11.5 Å². The molecule has 27 heavy (non-hydrogen) atoms. The van der Waals surface area contributed by atoms with E-state index in [1.165, 1.54) is 12.1 Å². The molecule has 0 fully saturated rings. The molecule has 4 nitrogen and oxygen atoms in total. The maximum Gasteiger partial charge on any atom is 0.163 e. The number of phenols is 1. The zero-order chi connectivity index (χ0) is 19.2. The van der Waals surface area contributed by atoms with Gasteiger partial charge in [0.15, 0.2) is 11.6 Å². The van der Waals surface area contributed by atoms with Crippen molar-refractivity contribution in [1.29, 1.82) is 0 Å². The fourth-order valence-electron chi connectivity index (χ4n) is 4.07. The summed E-state index contributed by atoms with van der Waals surface area (Å²) in [5.74, 6) is 1.27. The van der Waals surface area contributed by atoms with Crippen LogP contribution in [0.3, 0.4) is 0 Å². The van der Waals surface area contributed by atoms with Crippen LogP contribution in [-0.2, 0) is 4.79 Å². The van der Waals surface area contributed by atoms with Crippen LogP contribution in [0.2, 0.25) is 0 Å². The molecule has 0 bridgehead atoms. The molecule has 0 spiro atoms. The van der Waals surface area contributed by atoms with Gasteiger partial charge in [0.1, 0.15) is 17.3 Å². The van der Waals surface area contributed by atoms with E-state index in [2.05, 4.69) is 13.8 Å². The van der Waals surface area contributed by atoms with E-state index in [9.17, 15) is 14.7 Å². The van der Waals surface area contributed by atoms with Gasteiger partial charge in [-0.25, -0.2) is 0 Å². The van der Waals surface area contributed by atoms with Crippen LogP contribution < -0.4 is 4.74 Å². The first-order chi connectivity index (χ1) is 12.8. The molecule has 2 aromatic rings. The summed E-state index contributed by atoms with van der Waals surface area (Å²) in [6.45, 7) is 4.13. The van der Waals surface area contributed by atoms with Crippen LogP contribution in [0.4, 0.5) is 0 Å². The van der Waals surface area contributed by atoms with Crippen LogP contribution >= 0.6 is 0 Å². The first-order valence-corrected chi connectivity index (χ1v) is 9.19. The van der Waals surface area contributed by atoms with Crippen LogP contribution in [0.25, 0.3) is 0 Å². The fraction of sp³-hybridized carbons (Fsp3) is 0.304. The topological polar surface area (TPSA) is 63.6 Å². The molecular weight excluding hydrogens is 340 g/mol. The molecular formula is C23H22O4. The number of ketones is 2. The summed E-state index contributed by atoms with van der Waals surface area (Å²) in [5.41, 5.74) is 1.92. The van der Waals surface area contributed by atoms with Crippen molar-refractivity contribution in [1.82, 2.24) is 0 Å². The average molecular weight is 362 g/mol. The molecule has 1 aliphatic heterocycles. The van der Waals surface area contributed by atoms with E-state index < -0.39 is 0 Å². The van der Waals surface area contributed by atoms with Gasteiger partial charge in [-0.2, -0.15) is 0 Å². The van der Waals surface area contributed by atoms with Crippen LogP contribution in [0.1, 0.15) is 54.9 Å². The number of benzene rings is 2. The first kappa shape index (κ1) is 17.5. The van der Waals surface area contributed by atoms with Gasteiger partial charge < -0.3 is 9.84 Å². The number of allylic oxidation sites excluding steroid dienone is 2. The summed E-state index contributed by atoms with van der Waals surface area (Å²) in [6, 6.07) is 13.9. The van der Waals surface area contributed by atoms with E-state index in [-0.39, 0.29) is 35.1 Å². The fourth-order valence-corrected chi connectivity index (χ4v) is 4.07. The van der Waals surface area contributed by atoms with E-state index in [4.69, 9.17) is 4.74 Å². The zero-order valence-electron chi connectivity index (χ0n) is 15.5. The van der Waals surface area contributed by atoms with E-state index in [1.54, 1.807) is 12.1 Å². The van der Waals surface area contributed by atoms with Gasteiger partial charge in [0, 0.05) is 41.9 Å². The van der Waals surface area contributed by atoms with Gasteiger partial charge in [-0.15, -0.1) is 0 Å². The molecule has 1 N–H and O–H groups in total. The Morgan fingerprint density at radius 2 is 1.81 bits per heavy atom. The molecule has 0 aromatic heterocycles. The van der Waals surface area contributed by atoms with Crippen LogP contribution in [0.5, 0.6) is 11.5 Å². The number of aromatic hydroxyl groups is 1. The van der Waals surface area contributed by atoms with Gasteiger partial charge in [0.05, 0.1) is 0 Å². The second-order valence-corrected chi connectivity index (χ2v) is 8.14. The number of rotatable bonds is 3. The van der Waals surface area contributed by atoms with Crippen molar-refractivity contribution in [2.24, 2.45) is 5.41 Å². The molecule has 138 valence electrons. The highest BCUT2D eigenvalue weighted by Crippen LogP contribution is 2.48. The smallest absolute Gasteiger partial charge is 0.163 e. The lowest BCUT2D eigenvalue weighted by atomic mass is 9.70. The Morgan fingerprint density at radius 1 is 1.11 bits per heavy atom. The number of para-hydroxylation sites is 1. The lowest BCUT2D eigenvalue weighted by molar-refractivity contribution is -0.118. The number of fused-ring (bicyclic) bond motifs is 1. The van der Waals surface area contributed by atoms with E-state index >= 15 is 0 Å². The maximum absolute atomic E-state index is 12.9. The highest BCUT2D eigenvalue weighted by atomic mass is 16.5. The van der Waals surface area contributed by atoms with Gasteiger partial charge in [-0.3, -0.25) is 9.59 Å². The Balaban J connectivity index is 1.74. The highest BCUT2D eigenvalue weighted by Gasteiger charge is 2.41. The summed E-state index contributed by atoms with van der Waals surface area (Å²) >= 11 is 0. The van der Waals surface area contributed by atoms with E-state index in [0.717, 1.165) is 11.3 Å². The standard InChI is InChI=1S/C23H22O4/c1-23(2)12-19(26)22-17(11-18(25)14-7-9-15(24)10-8-14)16-5-3-4-6-20(16)27-21(22)13-23/h3-10,17,24H,11-13H2,1-2H3/t17-/m1/s1. The monoisotopic (exact) mass is 362 g/mol. The highest BCUT2D eigenvalue weighted by molar-refractivity contribution is 6.02. The summed E-state index contributed by atoms with van der Waals surface area (Å²) < 4.78 is 6.09. The molecule has 0 saturated heterocycles. The SMILES string of the molecule is CC1(C)CC(=O)C2=C(C1)Oc1ccccc1[C@H]2CC(=O)c1ccc(O)cc1. The van der Waals surface area contributed by atoms with Crippen molar-refractivity contribution in [3.05, 3.63) is 71.0 Å². The normalized spacial score (nSPS) is 20.5. The Labute approximate surface area is 158 Å². The predicted molar refractivity (Wildman–Crippen MR) is 102 cm³/mol. The van der Waals surface area contributed by atoms with Crippen LogP contribution in [0, 0.1) is 5.41 Å². The Kier molecular flexibility index (Phi) is 4.14. The summed E-state index contributed by atoms with van der Waals surface area (Å²) in [7, 11) is 0. The Morgan fingerprint density at radius 3 is 2.56 bits per heavy atom. The number of carbonyl (C=O) groups is 2. The number of carbonyl (C=O) groups excluding carboxylic acids is 2. The quantitative estimate of drug-likeness (QED) is 0.798. The summed E-state index contributed by atoms with van der Waals surface area (Å²) in [6.07, 6.45) is 1.35. The Hall–Kier alpha value is -2.88. The third-order valence-electron chi connectivity index (χ3n) is 5.33. The maximum atomic E-state index is 12.9. The minimum absolute atomic E-state index is 0.0545. The molecule has 0 radical (unpaired) electrons. The molecule has 0 unspecified atom stereocenters. The number of phenolic OH excluding ortho intramolecular Hbond substituents is 1. The zero-order valence-corrected chi connectivity index (χ0v) is 15.5. The third-order valence-corrected chi connectivity index (χ3v) is 5.33. The lowest BCUT2D eigenvalue weighted by Gasteiger charge is -2.38. The summed E-state index contributed by atoms with van der Waals surface area (Å²) in [4.78, 5) is 25.8. The van der Waals surface area contributed by atoms with Crippen molar-refractivity contribution in [3.63, 3.8) is 0 Å².